The van der Waals surface area contributed by atoms with Crippen LogP contribution in [0, 0.1) is 0 Å². The van der Waals surface area contributed by atoms with Crippen LogP contribution in [0.5, 0.6) is 5.75 Å². The second-order valence-corrected chi connectivity index (χ2v) is 7.47. The first-order chi connectivity index (χ1) is 14.1. The Morgan fingerprint density at radius 1 is 1.21 bits per heavy atom. The summed E-state index contributed by atoms with van der Waals surface area (Å²) in [5, 5.41) is 9.27. The summed E-state index contributed by atoms with van der Waals surface area (Å²) < 4.78 is 10.5. The fraction of sp³-hybridized carbons (Fsp3) is 0.0952. The minimum atomic E-state index is -0.173. The zero-order valence-electron chi connectivity index (χ0n) is 15.4. The first kappa shape index (κ1) is 19.2. The van der Waals surface area contributed by atoms with E-state index in [1.54, 1.807) is 19.2 Å². The van der Waals surface area contributed by atoms with E-state index in [2.05, 4.69) is 15.5 Å². The molecule has 0 unspecified atom stereocenters. The normalized spacial score (nSPS) is 10.7. The van der Waals surface area contributed by atoms with Gasteiger partial charge in [-0.2, -0.15) is 4.98 Å². The van der Waals surface area contributed by atoms with Gasteiger partial charge in [-0.05, 0) is 29.1 Å². The van der Waals surface area contributed by atoms with E-state index in [-0.39, 0.29) is 12.3 Å². The molecule has 0 saturated heterocycles. The van der Waals surface area contributed by atoms with Crippen LogP contribution in [-0.2, 0) is 11.2 Å². The Morgan fingerprint density at radius 3 is 2.79 bits per heavy atom. The van der Waals surface area contributed by atoms with Crippen LogP contribution in [0.3, 0.4) is 0 Å². The van der Waals surface area contributed by atoms with Gasteiger partial charge in [-0.3, -0.25) is 4.79 Å². The lowest BCUT2D eigenvalue weighted by Crippen LogP contribution is -2.14. The molecule has 0 bridgehead atoms. The van der Waals surface area contributed by atoms with Crippen LogP contribution in [0.15, 0.2) is 64.5 Å². The Kier molecular flexibility index (Phi) is 5.59. The third-order valence-corrected chi connectivity index (χ3v) is 5.37. The molecule has 0 atom stereocenters. The van der Waals surface area contributed by atoms with Crippen molar-refractivity contribution < 1.29 is 14.1 Å². The number of hydrogen-bond donors (Lipinski definition) is 1. The second kappa shape index (κ2) is 8.46. The van der Waals surface area contributed by atoms with Crippen LogP contribution in [0.4, 0.5) is 5.69 Å². The average Bonchev–Trinajstić information content (AvgIpc) is 3.38. The number of anilines is 1. The van der Waals surface area contributed by atoms with E-state index in [4.69, 9.17) is 20.9 Å². The molecule has 1 amide bonds. The molecule has 29 heavy (non-hydrogen) atoms. The van der Waals surface area contributed by atoms with Gasteiger partial charge in [0.25, 0.3) is 5.89 Å². The summed E-state index contributed by atoms with van der Waals surface area (Å²) >= 11 is 7.55. The summed E-state index contributed by atoms with van der Waals surface area (Å²) in [6.45, 7) is 0. The molecule has 2 heterocycles. The molecule has 4 rings (SSSR count). The highest BCUT2D eigenvalue weighted by atomic mass is 35.5. The van der Waals surface area contributed by atoms with Crippen molar-refractivity contribution in [1.29, 1.82) is 0 Å². The van der Waals surface area contributed by atoms with Gasteiger partial charge in [0, 0.05) is 5.56 Å². The van der Waals surface area contributed by atoms with Gasteiger partial charge in [0.15, 0.2) is 0 Å². The van der Waals surface area contributed by atoms with Crippen LogP contribution in [0.25, 0.3) is 22.2 Å². The van der Waals surface area contributed by atoms with Crippen molar-refractivity contribution in [2.45, 2.75) is 6.42 Å². The number of nitrogens with one attached hydrogen (secondary N) is 1. The SMILES string of the molecule is COc1ccc(CC(=O)Nc2ccsc2-c2nc(-c3ccccc3)no2)cc1Cl. The lowest BCUT2D eigenvalue weighted by Gasteiger charge is -2.07. The molecule has 0 fully saturated rings. The van der Waals surface area contributed by atoms with Crippen molar-refractivity contribution in [3.8, 4) is 27.9 Å². The molecule has 8 heteroatoms. The number of carbonyl (C=O) groups is 1. The van der Waals surface area contributed by atoms with Gasteiger partial charge >= 0.3 is 0 Å². The fourth-order valence-electron chi connectivity index (χ4n) is 2.79. The highest BCUT2D eigenvalue weighted by Crippen LogP contribution is 2.34. The predicted octanol–water partition coefficient (Wildman–Crippen LogP) is 5.31. The molecule has 0 saturated carbocycles. The number of benzene rings is 2. The maximum atomic E-state index is 12.5. The first-order valence-corrected chi connectivity index (χ1v) is 9.99. The molecule has 4 aromatic rings. The van der Waals surface area contributed by atoms with Crippen LogP contribution in [0.1, 0.15) is 5.56 Å². The summed E-state index contributed by atoms with van der Waals surface area (Å²) in [7, 11) is 1.55. The van der Waals surface area contributed by atoms with Crippen LogP contribution < -0.4 is 10.1 Å². The third kappa shape index (κ3) is 4.31. The van der Waals surface area contributed by atoms with Crippen molar-refractivity contribution in [2.75, 3.05) is 12.4 Å². The Balaban J connectivity index is 1.49. The van der Waals surface area contributed by atoms with E-state index in [1.807, 2.05) is 47.8 Å². The average molecular weight is 426 g/mol. The standard InChI is InChI=1S/C21H16ClN3O3S/c1-27-17-8-7-13(11-15(17)22)12-18(26)23-16-9-10-29-19(16)21-24-20(25-28-21)14-5-3-2-4-6-14/h2-11H,12H2,1H3,(H,23,26). The minimum Gasteiger partial charge on any atom is -0.495 e. The molecule has 6 nitrogen and oxygen atoms in total. The second-order valence-electron chi connectivity index (χ2n) is 6.15. The Morgan fingerprint density at radius 2 is 2.03 bits per heavy atom. The number of halogens is 1. The van der Waals surface area contributed by atoms with E-state index in [0.29, 0.717) is 33.1 Å². The highest BCUT2D eigenvalue weighted by Gasteiger charge is 2.17. The molecular formula is C21H16ClN3O3S. The highest BCUT2D eigenvalue weighted by molar-refractivity contribution is 7.14. The number of methoxy groups -OCH3 is 1. The molecular weight excluding hydrogens is 410 g/mol. The van der Waals surface area contributed by atoms with Gasteiger partial charge < -0.3 is 14.6 Å². The number of hydrogen-bond acceptors (Lipinski definition) is 6. The zero-order chi connectivity index (χ0) is 20.2. The van der Waals surface area contributed by atoms with E-state index >= 15 is 0 Å². The maximum absolute atomic E-state index is 12.5. The number of carbonyl (C=O) groups excluding carboxylic acids is 1. The fourth-order valence-corrected chi connectivity index (χ4v) is 3.84. The molecule has 0 aliphatic carbocycles. The van der Waals surface area contributed by atoms with Gasteiger partial charge in [0.1, 0.15) is 10.6 Å². The number of thiophene rings is 1. The molecule has 2 aromatic heterocycles. The lowest BCUT2D eigenvalue weighted by atomic mass is 10.1. The zero-order valence-corrected chi connectivity index (χ0v) is 17.0. The van der Waals surface area contributed by atoms with Crippen LogP contribution in [0.2, 0.25) is 5.02 Å². The lowest BCUT2D eigenvalue weighted by molar-refractivity contribution is -0.115. The molecule has 1 N–H and O–H groups in total. The van der Waals surface area contributed by atoms with Gasteiger partial charge in [-0.1, -0.05) is 53.2 Å². The van der Waals surface area contributed by atoms with Crippen molar-refractivity contribution in [3.63, 3.8) is 0 Å². The number of rotatable bonds is 6. The smallest absolute Gasteiger partial charge is 0.270 e. The topological polar surface area (TPSA) is 77.2 Å². The van der Waals surface area contributed by atoms with E-state index < -0.39 is 0 Å². The van der Waals surface area contributed by atoms with E-state index in [1.165, 1.54) is 11.3 Å². The van der Waals surface area contributed by atoms with Crippen molar-refractivity contribution >= 4 is 34.5 Å². The quantitative estimate of drug-likeness (QED) is 0.453. The number of aromatic nitrogens is 2. The van der Waals surface area contributed by atoms with Gasteiger partial charge in [0.05, 0.1) is 24.2 Å². The number of ether oxygens (including phenoxy) is 1. The molecule has 0 radical (unpaired) electrons. The Bertz CT molecular complexity index is 1140. The predicted molar refractivity (Wildman–Crippen MR) is 113 cm³/mol. The maximum Gasteiger partial charge on any atom is 0.270 e. The first-order valence-electron chi connectivity index (χ1n) is 8.73. The molecule has 146 valence electrons. The minimum absolute atomic E-state index is 0.173. The molecule has 0 spiro atoms. The number of amides is 1. The number of nitrogens with zero attached hydrogens (tertiary/aromatic N) is 2. The summed E-state index contributed by atoms with van der Waals surface area (Å²) in [6, 6.07) is 16.6. The summed E-state index contributed by atoms with van der Waals surface area (Å²) in [6.07, 6.45) is 0.179. The van der Waals surface area contributed by atoms with Crippen LogP contribution >= 0.6 is 22.9 Å². The summed E-state index contributed by atoms with van der Waals surface area (Å²) in [5.41, 5.74) is 2.28. The largest absolute Gasteiger partial charge is 0.495 e. The van der Waals surface area contributed by atoms with Crippen molar-refractivity contribution in [3.05, 3.63) is 70.6 Å². The van der Waals surface area contributed by atoms with E-state index in [0.717, 1.165) is 11.1 Å². The molecule has 2 aromatic carbocycles. The third-order valence-electron chi connectivity index (χ3n) is 4.17. The van der Waals surface area contributed by atoms with Crippen LogP contribution in [-0.4, -0.2) is 23.2 Å². The van der Waals surface area contributed by atoms with Gasteiger partial charge in [-0.25, -0.2) is 0 Å². The summed E-state index contributed by atoms with van der Waals surface area (Å²) in [4.78, 5) is 17.7. The summed E-state index contributed by atoms with van der Waals surface area (Å²) in [5.74, 6) is 1.26. The molecule has 0 aliphatic rings. The van der Waals surface area contributed by atoms with E-state index in [9.17, 15) is 4.79 Å². The van der Waals surface area contributed by atoms with Crippen molar-refractivity contribution in [1.82, 2.24) is 10.1 Å². The van der Waals surface area contributed by atoms with Crippen molar-refractivity contribution in [2.24, 2.45) is 0 Å². The molecule has 0 aliphatic heterocycles. The Labute approximate surface area is 176 Å². The van der Waals surface area contributed by atoms with Gasteiger partial charge in [0.2, 0.25) is 11.7 Å². The monoisotopic (exact) mass is 425 g/mol. The van der Waals surface area contributed by atoms with Gasteiger partial charge in [-0.15, -0.1) is 11.3 Å². The Hall–Kier alpha value is -3.16.